The minimum atomic E-state index is 0.166. The van der Waals surface area contributed by atoms with Crippen molar-refractivity contribution in [3.63, 3.8) is 0 Å². The molecule has 2 N–H and O–H groups in total. The second-order valence-electron chi connectivity index (χ2n) is 4.46. The fourth-order valence-corrected chi connectivity index (χ4v) is 1.91. The van der Waals surface area contributed by atoms with Crippen LogP contribution < -0.4 is 5.73 Å². The monoisotopic (exact) mass is 244 g/mol. The Morgan fingerprint density at radius 1 is 1.39 bits per heavy atom. The molecule has 0 saturated heterocycles. The quantitative estimate of drug-likeness (QED) is 0.646. The van der Waals surface area contributed by atoms with E-state index < -0.39 is 0 Å². The molecule has 2 rings (SSSR count). The van der Waals surface area contributed by atoms with Gasteiger partial charge >= 0.3 is 0 Å². The van der Waals surface area contributed by atoms with Crippen molar-refractivity contribution in [2.45, 2.75) is 37.8 Å². The van der Waals surface area contributed by atoms with Crippen LogP contribution in [0.15, 0.2) is 23.5 Å². The lowest BCUT2D eigenvalue weighted by atomic mass is 9.94. The standard InChI is InChI=1S/C13H16N4O/c14-7-10-1-4-12(16-8-10)9-17-18-13-5-2-11(15)3-6-13/h1,4,8-9,11,13H,2-3,5-6,15H2/b17-9-. The third-order valence-electron chi connectivity index (χ3n) is 3.03. The van der Waals surface area contributed by atoms with Crippen molar-refractivity contribution in [3.8, 4) is 6.07 Å². The Balaban J connectivity index is 1.82. The first-order chi connectivity index (χ1) is 8.78. The lowest BCUT2D eigenvalue weighted by Crippen LogP contribution is -2.29. The molecule has 94 valence electrons. The lowest BCUT2D eigenvalue weighted by molar-refractivity contribution is 0.0305. The van der Waals surface area contributed by atoms with Gasteiger partial charge in [0.1, 0.15) is 12.2 Å². The summed E-state index contributed by atoms with van der Waals surface area (Å²) in [6.45, 7) is 0. The number of oxime groups is 1. The second-order valence-corrected chi connectivity index (χ2v) is 4.46. The molecule has 1 fully saturated rings. The predicted molar refractivity (Wildman–Crippen MR) is 67.9 cm³/mol. The van der Waals surface area contributed by atoms with E-state index >= 15 is 0 Å². The van der Waals surface area contributed by atoms with Crippen molar-refractivity contribution in [2.75, 3.05) is 0 Å². The van der Waals surface area contributed by atoms with Crippen LogP contribution in [0, 0.1) is 11.3 Å². The van der Waals surface area contributed by atoms with Gasteiger partial charge in [0.15, 0.2) is 0 Å². The summed E-state index contributed by atoms with van der Waals surface area (Å²) in [5.74, 6) is 0. The number of nitrogens with zero attached hydrogens (tertiary/aromatic N) is 3. The highest BCUT2D eigenvalue weighted by Crippen LogP contribution is 2.19. The van der Waals surface area contributed by atoms with Crippen molar-refractivity contribution >= 4 is 6.21 Å². The van der Waals surface area contributed by atoms with E-state index in [0.717, 1.165) is 25.7 Å². The molecule has 0 amide bonds. The van der Waals surface area contributed by atoms with E-state index in [0.29, 0.717) is 17.3 Å². The maximum Gasteiger partial charge on any atom is 0.127 e. The largest absolute Gasteiger partial charge is 0.392 e. The minimum absolute atomic E-state index is 0.166. The molecular formula is C13H16N4O. The molecule has 0 unspecified atom stereocenters. The van der Waals surface area contributed by atoms with Crippen LogP contribution in [0.2, 0.25) is 0 Å². The van der Waals surface area contributed by atoms with Gasteiger partial charge in [-0.15, -0.1) is 0 Å². The van der Waals surface area contributed by atoms with Crippen LogP contribution in [0.3, 0.4) is 0 Å². The van der Waals surface area contributed by atoms with E-state index in [1.165, 1.54) is 6.20 Å². The SMILES string of the molecule is N#Cc1ccc(/C=N\OC2CCC(N)CC2)nc1. The molecule has 1 aliphatic rings. The number of pyridine rings is 1. The highest BCUT2D eigenvalue weighted by molar-refractivity contribution is 5.76. The van der Waals surface area contributed by atoms with Gasteiger partial charge in [0.25, 0.3) is 0 Å². The van der Waals surface area contributed by atoms with Gasteiger partial charge in [-0.25, -0.2) is 0 Å². The Kier molecular flexibility index (Phi) is 4.26. The summed E-state index contributed by atoms with van der Waals surface area (Å²) in [7, 11) is 0. The number of rotatable bonds is 3. The molecule has 5 nitrogen and oxygen atoms in total. The molecule has 1 aromatic rings. The first-order valence-electron chi connectivity index (χ1n) is 6.09. The maximum atomic E-state index is 8.64. The van der Waals surface area contributed by atoms with Crippen molar-refractivity contribution in [2.24, 2.45) is 10.9 Å². The Morgan fingerprint density at radius 3 is 2.78 bits per heavy atom. The highest BCUT2D eigenvalue weighted by Gasteiger charge is 2.19. The molecule has 1 aliphatic carbocycles. The normalized spacial score (nSPS) is 23.8. The van der Waals surface area contributed by atoms with Crippen LogP contribution in [-0.2, 0) is 4.84 Å². The molecule has 18 heavy (non-hydrogen) atoms. The first kappa shape index (κ1) is 12.5. The van der Waals surface area contributed by atoms with E-state index in [-0.39, 0.29) is 6.10 Å². The molecule has 0 aromatic carbocycles. The number of nitriles is 1. The summed E-state index contributed by atoms with van der Waals surface area (Å²) in [6, 6.07) is 5.77. The smallest absolute Gasteiger partial charge is 0.127 e. The summed E-state index contributed by atoms with van der Waals surface area (Å²) < 4.78 is 0. The van der Waals surface area contributed by atoms with Crippen molar-refractivity contribution < 1.29 is 4.84 Å². The van der Waals surface area contributed by atoms with Gasteiger partial charge in [0.2, 0.25) is 0 Å². The Hall–Kier alpha value is -1.93. The third-order valence-corrected chi connectivity index (χ3v) is 3.03. The predicted octanol–water partition coefficient (Wildman–Crippen LogP) is 1.57. The van der Waals surface area contributed by atoms with Crippen molar-refractivity contribution in [3.05, 3.63) is 29.6 Å². The van der Waals surface area contributed by atoms with Gasteiger partial charge in [-0.3, -0.25) is 4.98 Å². The molecule has 0 radical (unpaired) electrons. The van der Waals surface area contributed by atoms with E-state index in [1.54, 1.807) is 18.3 Å². The summed E-state index contributed by atoms with van der Waals surface area (Å²) in [4.78, 5) is 9.47. The lowest BCUT2D eigenvalue weighted by Gasteiger charge is -2.23. The van der Waals surface area contributed by atoms with Gasteiger partial charge in [-0.1, -0.05) is 5.16 Å². The maximum absolute atomic E-state index is 8.64. The third kappa shape index (κ3) is 3.54. The van der Waals surface area contributed by atoms with Crippen LogP contribution in [0.25, 0.3) is 0 Å². The molecule has 1 aromatic heterocycles. The fourth-order valence-electron chi connectivity index (χ4n) is 1.91. The molecule has 5 heteroatoms. The van der Waals surface area contributed by atoms with Crippen LogP contribution in [0.4, 0.5) is 0 Å². The number of nitrogens with two attached hydrogens (primary N) is 1. The second kappa shape index (κ2) is 6.12. The van der Waals surface area contributed by atoms with E-state index in [1.807, 2.05) is 6.07 Å². The summed E-state index contributed by atoms with van der Waals surface area (Å²) in [5, 5.41) is 12.6. The number of aromatic nitrogens is 1. The number of hydrogen-bond donors (Lipinski definition) is 1. The molecular weight excluding hydrogens is 228 g/mol. The van der Waals surface area contributed by atoms with E-state index in [2.05, 4.69) is 10.1 Å². The molecule has 1 heterocycles. The van der Waals surface area contributed by atoms with Gasteiger partial charge in [-0.2, -0.15) is 5.26 Å². The highest BCUT2D eigenvalue weighted by atomic mass is 16.6. The first-order valence-corrected chi connectivity index (χ1v) is 6.09. The molecule has 0 spiro atoms. The molecule has 0 atom stereocenters. The van der Waals surface area contributed by atoms with Gasteiger partial charge in [-0.05, 0) is 37.8 Å². The summed E-state index contributed by atoms with van der Waals surface area (Å²) in [6.07, 6.45) is 7.15. The zero-order valence-electron chi connectivity index (χ0n) is 10.1. The Labute approximate surface area is 106 Å². The van der Waals surface area contributed by atoms with Gasteiger partial charge in [0, 0.05) is 12.2 Å². The molecule has 1 saturated carbocycles. The zero-order chi connectivity index (χ0) is 12.8. The fraction of sp³-hybridized carbons (Fsp3) is 0.462. The Morgan fingerprint density at radius 2 is 2.17 bits per heavy atom. The van der Waals surface area contributed by atoms with E-state index in [9.17, 15) is 0 Å². The van der Waals surface area contributed by atoms with Crippen molar-refractivity contribution in [1.82, 2.24) is 4.98 Å². The zero-order valence-corrected chi connectivity index (χ0v) is 10.1. The van der Waals surface area contributed by atoms with E-state index in [4.69, 9.17) is 15.8 Å². The topological polar surface area (TPSA) is 84.3 Å². The van der Waals surface area contributed by atoms with Crippen LogP contribution in [-0.4, -0.2) is 23.3 Å². The summed E-state index contributed by atoms with van der Waals surface area (Å²) >= 11 is 0. The van der Waals surface area contributed by atoms with Crippen LogP contribution in [0.1, 0.15) is 36.9 Å². The number of hydrogen-bond acceptors (Lipinski definition) is 5. The van der Waals surface area contributed by atoms with Crippen molar-refractivity contribution in [1.29, 1.82) is 5.26 Å². The average molecular weight is 244 g/mol. The van der Waals surface area contributed by atoms with Crippen LogP contribution >= 0.6 is 0 Å². The summed E-state index contributed by atoms with van der Waals surface area (Å²) in [5.41, 5.74) is 7.03. The Bertz CT molecular complexity index is 441. The van der Waals surface area contributed by atoms with Gasteiger partial charge < -0.3 is 10.6 Å². The minimum Gasteiger partial charge on any atom is -0.392 e. The van der Waals surface area contributed by atoms with Gasteiger partial charge in [0.05, 0.1) is 17.5 Å². The molecule has 0 aliphatic heterocycles. The van der Waals surface area contributed by atoms with Crippen LogP contribution in [0.5, 0.6) is 0 Å². The molecule has 0 bridgehead atoms. The average Bonchev–Trinajstić information content (AvgIpc) is 2.42.